The first-order valence-corrected chi connectivity index (χ1v) is 10.4. The molecule has 0 aromatic heterocycles. The molecule has 3 amide bonds. The lowest BCUT2D eigenvalue weighted by Gasteiger charge is -2.25. The number of nitrogens with one attached hydrogen (secondary N) is 1. The first-order valence-electron chi connectivity index (χ1n) is 10.4. The molecular formula is C23H28N4O2. The minimum Gasteiger partial charge on any atom is -0.370 e. The largest absolute Gasteiger partial charge is 0.370 e. The molecule has 152 valence electrons. The van der Waals surface area contributed by atoms with Crippen LogP contribution in [0, 0.1) is 0 Å². The number of likely N-dealkylation sites (tertiary alicyclic amines) is 1. The number of rotatable bonds is 4. The van der Waals surface area contributed by atoms with Crippen LogP contribution in [-0.4, -0.2) is 60.5 Å². The van der Waals surface area contributed by atoms with Gasteiger partial charge in [0.25, 0.3) is 0 Å². The quantitative estimate of drug-likeness (QED) is 0.871. The van der Waals surface area contributed by atoms with Crippen LogP contribution in [0.5, 0.6) is 0 Å². The maximum absolute atomic E-state index is 12.8. The van der Waals surface area contributed by atoms with E-state index in [1.165, 1.54) is 5.69 Å². The maximum atomic E-state index is 12.8. The van der Waals surface area contributed by atoms with Gasteiger partial charge in [-0.2, -0.15) is 0 Å². The van der Waals surface area contributed by atoms with Crippen LogP contribution in [0.25, 0.3) is 0 Å². The van der Waals surface area contributed by atoms with E-state index in [0.717, 1.165) is 31.6 Å². The summed E-state index contributed by atoms with van der Waals surface area (Å²) in [6.45, 7) is 4.37. The Labute approximate surface area is 172 Å². The van der Waals surface area contributed by atoms with E-state index in [1.807, 2.05) is 58.3 Å². The van der Waals surface area contributed by atoms with E-state index in [4.69, 9.17) is 0 Å². The second-order valence-corrected chi connectivity index (χ2v) is 7.77. The number of anilines is 1. The van der Waals surface area contributed by atoms with Gasteiger partial charge in [0.2, 0.25) is 5.91 Å². The normalized spacial score (nSPS) is 19.9. The van der Waals surface area contributed by atoms with Crippen molar-refractivity contribution >= 4 is 17.6 Å². The number of nitrogens with zero attached hydrogens (tertiary/aromatic N) is 3. The summed E-state index contributed by atoms with van der Waals surface area (Å²) < 4.78 is 0. The van der Waals surface area contributed by atoms with E-state index in [9.17, 15) is 9.59 Å². The van der Waals surface area contributed by atoms with E-state index >= 15 is 0 Å². The fourth-order valence-corrected chi connectivity index (χ4v) is 4.11. The number of amides is 3. The van der Waals surface area contributed by atoms with Crippen LogP contribution in [0.2, 0.25) is 0 Å². The van der Waals surface area contributed by atoms with E-state index in [2.05, 4.69) is 22.3 Å². The Balaban J connectivity index is 1.29. The average Bonchev–Trinajstić information content (AvgIpc) is 2.94. The van der Waals surface area contributed by atoms with Crippen LogP contribution < -0.4 is 10.2 Å². The molecule has 0 radical (unpaired) electrons. The van der Waals surface area contributed by atoms with Crippen molar-refractivity contribution < 1.29 is 9.59 Å². The second-order valence-electron chi connectivity index (χ2n) is 7.77. The third kappa shape index (κ3) is 4.88. The molecule has 0 saturated carbocycles. The van der Waals surface area contributed by atoms with E-state index in [1.54, 1.807) is 0 Å². The molecular weight excluding hydrogens is 364 g/mol. The van der Waals surface area contributed by atoms with Gasteiger partial charge in [-0.1, -0.05) is 48.5 Å². The van der Waals surface area contributed by atoms with E-state index in [-0.39, 0.29) is 18.0 Å². The van der Waals surface area contributed by atoms with Crippen molar-refractivity contribution in [2.24, 2.45) is 0 Å². The van der Waals surface area contributed by atoms with Crippen molar-refractivity contribution in [1.82, 2.24) is 15.1 Å². The average molecular weight is 393 g/mol. The number of benzene rings is 2. The van der Waals surface area contributed by atoms with Crippen molar-refractivity contribution in [1.29, 1.82) is 0 Å². The summed E-state index contributed by atoms with van der Waals surface area (Å²) in [5.41, 5.74) is 2.31. The van der Waals surface area contributed by atoms with Gasteiger partial charge in [0, 0.05) is 51.4 Å². The Morgan fingerprint density at radius 3 is 2.41 bits per heavy atom. The molecule has 0 bridgehead atoms. The molecule has 1 N–H and O–H groups in total. The Bertz CT molecular complexity index is 827. The van der Waals surface area contributed by atoms with Crippen molar-refractivity contribution in [3.05, 3.63) is 66.2 Å². The van der Waals surface area contributed by atoms with Crippen LogP contribution in [0.3, 0.4) is 0 Å². The highest BCUT2D eigenvalue weighted by molar-refractivity contribution is 5.81. The van der Waals surface area contributed by atoms with Crippen molar-refractivity contribution in [2.75, 3.05) is 37.6 Å². The molecule has 1 atom stereocenters. The lowest BCUT2D eigenvalue weighted by Crippen LogP contribution is -2.47. The smallest absolute Gasteiger partial charge is 0.317 e. The Kier molecular flexibility index (Phi) is 5.98. The fraction of sp³-hybridized carbons (Fsp3) is 0.391. The van der Waals surface area contributed by atoms with Gasteiger partial charge in [0.1, 0.15) is 0 Å². The highest BCUT2D eigenvalue weighted by atomic mass is 16.2. The Hall–Kier alpha value is -3.02. The molecule has 2 saturated heterocycles. The molecule has 2 aliphatic heterocycles. The van der Waals surface area contributed by atoms with Crippen LogP contribution in [0.15, 0.2) is 60.7 Å². The van der Waals surface area contributed by atoms with Crippen molar-refractivity contribution in [3.8, 4) is 0 Å². The van der Waals surface area contributed by atoms with Crippen LogP contribution in [0.1, 0.15) is 18.4 Å². The molecule has 6 nitrogen and oxygen atoms in total. The van der Waals surface area contributed by atoms with Gasteiger partial charge >= 0.3 is 6.03 Å². The maximum Gasteiger partial charge on any atom is 0.317 e. The number of carbonyl (C=O) groups excluding carboxylic acids is 2. The van der Waals surface area contributed by atoms with Crippen molar-refractivity contribution in [2.45, 2.75) is 25.4 Å². The Morgan fingerprint density at radius 2 is 1.66 bits per heavy atom. The number of carbonyl (C=O) groups is 2. The standard InChI is InChI=1S/C23H28N4O2/c28-22-16-20(18-27(22)17-19-8-3-1-4-9-19)24-23(29)26-13-7-12-25(14-15-26)21-10-5-2-6-11-21/h1-6,8-11,20H,7,12-18H2,(H,24,29)/t20-/m0/s1. The summed E-state index contributed by atoms with van der Waals surface area (Å²) in [7, 11) is 0. The van der Waals surface area contributed by atoms with Crippen LogP contribution >= 0.6 is 0 Å². The monoisotopic (exact) mass is 392 g/mol. The number of urea groups is 1. The van der Waals surface area contributed by atoms with Gasteiger partial charge in [-0.25, -0.2) is 4.79 Å². The summed E-state index contributed by atoms with van der Waals surface area (Å²) in [6.07, 6.45) is 1.31. The molecule has 2 aliphatic rings. The third-order valence-electron chi connectivity index (χ3n) is 5.66. The number of para-hydroxylation sites is 1. The molecule has 2 heterocycles. The zero-order valence-corrected chi connectivity index (χ0v) is 16.7. The molecule has 4 rings (SSSR count). The molecule has 6 heteroatoms. The topological polar surface area (TPSA) is 55.9 Å². The summed E-state index contributed by atoms with van der Waals surface area (Å²) in [4.78, 5) is 31.2. The molecule has 2 aromatic carbocycles. The number of hydrogen-bond acceptors (Lipinski definition) is 3. The zero-order valence-electron chi connectivity index (χ0n) is 16.7. The molecule has 0 unspecified atom stereocenters. The molecule has 0 aliphatic carbocycles. The van der Waals surface area contributed by atoms with Gasteiger partial charge < -0.3 is 20.0 Å². The summed E-state index contributed by atoms with van der Waals surface area (Å²) in [5, 5.41) is 3.08. The first kappa shape index (κ1) is 19.3. The molecule has 29 heavy (non-hydrogen) atoms. The highest BCUT2D eigenvalue weighted by Crippen LogP contribution is 2.17. The van der Waals surface area contributed by atoms with E-state index in [0.29, 0.717) is 26.1 Å². The first-order chi connectivity index (χ1) is 14.2. The minimum atomic E-state index is -0.118. The fourth-order valence-electron chi connectivity index (χ4n) is 4.11. The van der Waals surface area contributed by atoms with Crippen LogP contribution in [-0.2, 0) is 11.3 Å². The lowest BCUT2D eigenvalue weighted by atomic mass is 10.2. The summed E-state index contributed by atoms with van der Waals surface area (Å²) in [5.74, 6) is 0.102. The highest BCUT2D eigenvalue weighted by Gasteiger charge is 2.31. The van der Waals surface area contributed by atoms with Crippen LogP contribution in [0.4, 0.5) is 10.5 Å². The number of hydrogen-bond donors (Lipinski definition) is 1. The predicted molar refractivity (Wildman–Crippen MR) is 114 cm³/mol. The Morgan fingerprint density at radius 1 is 0.931 bits per heavy atom. The predicted octanol–water partition coefficient (Wildman–Crippen LogP) is 2.71. The van der Waals surface area contributed by atoms with Gasteiger partial charge in [0.05, 0.1) is 6.04 Å². The van der Waals surface area contributed by atoms with Crippen molar-refractivity contribution in [3.63, 3.8) is 0 Å². The minimum absolute atomic E-state index is 0.0562. The third-order valence-corrected chi connectivity index (χ3v) is 5.66. The van der Waals surface area contributed by atoms with Gasteiger partial charge in [-0.3, -0.25) is 4.79 Å². The summed E-state index contributed by atoms with van der Waals surface area (Å²) in [6, 6.07) is 20.1. The van der Waals surface area contributed by atoms with Gasteiger partial charge in [-0.15, -0.1) is 0 Å². The van der Waals surface area contributed by atoms with Gasteiger partial charge in [-0.05, 0) is 24.1 Å². The zero-order chi connectivity index (χ0) is 20.1. The van der Waals surface area contributed by atoms with Gasteiger partial charge in [0.15, 0.2) is 0 Å². The second kappa shape index (κ2) is 8.99. The lowest BCUT2D eigenvalue weighted by molar-refractivity contribution is -0.128. The molecule has 2 aromatic rings. The SMILES string of the molecule is O=C1C[C@H](NC(=O)N2CCCN(c3ccccc3)CC2)CN1Cc1ccccc1. The molecule has 0 spiro atoms. The summed E-state index contributed by atoms with van der Waals surface area (Å²) >= 11 is 0. The van der Waals surface area contributed by atoms with E-state index < -0.39 is 0 Å². The molecule has 2 fully saturated rings.